The quantitative estimate of drug-likeness (QED) is 0.837. The lowest BCUT2D eigenvalue weighted by Gasteiger charge is -2.07. The zero-order valence-electron chi connectivity index (χ0n) is 9.32. The highest BCUT2D eigenvalue weighted by atomic mass is 16.4. The van der Waals surface area contributed by atoms with E-state index < -0.39 is 5.97 Å². The van der Waals surface area contributed by atoms with Gasteiger partial charge in [0.15, 0.2) is 0 Å². The number of hydrogen-bond donors (Lipinski definition) is 1. The Hall–Kier alpha value is -1.90. The Morgan fingerprint density at radius 1 is 1.31 bits per heavy atom. The molecule has 0 saturated heterocycles. The van der Waals surface area contributed by atoms with Crippen molar-refractivity contribution in [3.63, 3.8) is 0 Å². The van der Waals surface area contributed by atoms with Crippen LogP contribution in [0.15, 0.2) is 24.4 Å². The van der Waals surface area contributed by atoms with Gasteiger partial charge in [-0.2, -0.15) is 0 Å². The molecule has 0 aliphatic heterocycles. The monoisotopic (exact) mass is 215 g/mol. The van der Waals surface area contributed by atoms with E-state index in [2.05, 4.69) is 11.1 Å². The SMILES string of the molecule is Cc1cc2ccnc(CC(=O)O)c2cc1C. The van der Waals surface area contributed by atoms with Crippen molar-refractivity contribution in [2.45, 2.75) is 20.3 Å². The molecule has 0 aliphatic carbocycles. The van der Waals surface area contributed by atoms with Gasteiger partial charge in [0, 0.05) is 11.6 Å². The summed E-state index contributed by atoms with van der Waals surface area (Å²) in [5.74, 6) is -0.849. The lowest BCUT2D eigenvalue weighted by molar-refractivity contribution is -0.136. The van der Waals surface area contributed by atoms with Gasteiger partial charge in [0.1, 0.15) is 0 Å². The third kappa shape index (κ3) is 1.89. The maximum atomic E-state index is 10.7. The minimum atomic E-state index is -0.849. The molecule has 16 heavy (non-hydrogen) atoms. The first-order valence-electron chi connectivity index (χ1n) is 5.14. The number of aromatic nitrogens is 1. The van der Waals surface area contributed by atoms with E-state index in [4.69, 9.17) is 5.11 Å². The fourth-order valence-electron chi connectivity index (χ4n) is 1.79. The van der Waals surface area contributed by atoms with Crippen LogP contribution in [-0.2, 0) is 11.2 Å². The molecule has 1 heterocycles. The summed E-state index contributed by atoms with van der Waals surface area (Å²) in [6.07, 6.45) is 1.63. The Balaban J connectivity index is 2.67. The van der Waals surface area contributed by atoms with Gasteiger partial charge in [0.2, 0.25) is 0 Å². The number of hydrogen-bond acceptors (Lipinski definition) is 2. The average Bonchev–Trinajstić information content (AvgIpc) is 2.20. The maximum absolute atomic E-state index is 10.7. The van der Waals surface area contributed by atoms with Crippen LogP contribution in [0.25, 0.3) is 10.8 Å². The van der Waals surface area contributed by atoms with E-state index >= 15 is 0 Å². The molecule has 2 rings (SSSR count). The van der Waals surface area contributed by atoms with E-state index in [-0.39, 0.29) is 6.42 Å². The number of rotatable bonds is 2. The van der Waals surface area contributed by atoms with E-state index in [0.717, 1.165) is 16.3 Å². The molecule has 0 unspecified atom stereocenters. The molecule has 82 valence electrons. The van der Waals surface area contributed by atoms with E-state index in [9.17, 15) is 4.79 Å². The Kier molecular flexibility index (Phi) is 2.60. The summed E-state index contributed by atoms with van der Waals surface area (Å²) in [7, 11) is 0. The fourth-order valence-corrected chi connectivity index (χ4v) is 1.79. The van der Waals surface area contributed by atoms with Crippen LogP contribution in [0.2, 0.25) is 0 Å². The van der Waals surface area contributed by atoms with Gasteiger partial charge in [0.05, 0.1) is 12.1 Å². The minimum absolute atomic E-state index is 0.0279. The number of carboxylic acids is 1. The molecule has 0 amide bonds. The third-order valence-corrected chi connectivity index (χ3v) is 2.78. The highest BCUT2D eigenvalue weighted by Crippen LogP contribution is 2.21. The van der Waals surface area contributed by atoms with Gasteiger partial charge in [-0.1, -0.05) is 6.07 Å². The number of fused-ring (bicyclic) bond motifs is 1. The molecule has 1 N–H and O–H groups in total. The highest BCUT2D eigenvalue weighted by Gasteiger charge is 2.07. The van der Waals surface area contributed by atoms with Gasteiger partial charge in [-0.3, -0.25) is 9.78 Å². The van der Waals surface area contributed by atoms with Crippen molar-refractivity contribution in [3.05, 3.63) is 41.2 Å². The van der Waals surface area contributed by atoms with Crippen LogP contribution in [0.5, 0.6) is 0 Å². The van der Waals surface area contributed by atoms with Crippen LogP contribution in [0, 0.1) is 13.8 Å². The van der Waals surface area contributed by atoms with Crippen LogP contribution < -0.4 is 0 Å². The average molecular weight is 215 g/mol. The molecule has 1 aromatic heterocycles. The van der Waals surface area contributed by atoms with Gasteiger partial charge in [-0.25, -0.2) is 0 Å². The Morgan fingerprint density at radius 3 is 2.69 bits per heavy atom. The van der Waals surface area contributed by atoms with Crippen LogP contribution in [0.1, 0.15) is 16.8 Å². The number of benzene rings is 1. The topological polar surface area (TPSA) is 50.2 Å². The molecular weight excluding hydrogens is 202 g/mol. The molecule has 0 bridgehead atoms. The van der Waals surface area contributed by atoms with Crippen molar-refractivity contribution in [1.29, 1.82) is 0 Å². The summed E-state index contributed by atoms with van der Waals surface area (Å²) < 4.78 is 0. The standard InChI is InChI=1S/C13H13NO2/c1-8-5-10-3-4-14-12(7-13(15)16)11(10)6-9(8)2/h3-6H,7H2,1-2H3,(H,15,16). The molecule has 0 radical (unpaired) electrons. The molecule has 1 aromatic carbocycles. The highest BCUT2D eigenvalue weighted by molar-refractivity contribution is 5.88. The smallest absolute Gasteiger partial charge is 0.309 e. The third-order valence-electron chi connectivity index (χ3n) is 2.78. The first-order valence-corrected chi connectivity index (χ1v) is 5.14. The first kappa shape index (κ1) is 10.6. The predicted octanol–water partition coefficient (Wildman–Crippen LogP) is 2.48. The van der Waals surface area contributed by atoms with E-state index in [1.807, 2.05) is 26.0 Å². The van der Waals surface area contributed by atoms with Crippen molar-refractivity contribution < 1.29 is 9.90 Å². The van der Waals surface area contributed by atoms with Gasteiger partial charge in [-0.15, -0.1) is 0 Å². The molecule has 3 nitrogen and oxygen atoms in total. The second kappa shape index (κ2) is 3.93. The lowest BCUT2D eigenvalue weighted by Crippen LogP contribution is -2.03. The zero-order valence-corrected chi connectivity index (χ0v) is 9.32. The van der Waals surface area contributed by atoms with Crippen molar-refractivity contribution in [2.75, 3.05) is 0 Å². The summed E-state index contributed by atoms with van der Waals surface area (Å²) in [4.78, 5) is 14.9. The molecule has 0 spiro atoms. The Labute approximate surface area is 93.7 Å². The number of nitrogens with zero attached hydrogens (tertiary/aromatic N) is 1. The van der Waals surface area contributed by atoms with Crippen LogP contribution in [0.3, 0.4) is 0 Å². The summed E-state index contributed by atoms with van der Waals surface area (Å²) in [6.45, 7) is 4.07. The first-order chi connectivity index (χ1) is 7.58. The molecule has 3 heteroatoms. The zero-order chi connectivity index (χ0) is 11.7. The number of pyridine rings is 1. The van der Waals surface area contributed by atoms with Gasteiger partial charge < -0.3 is 5.11 Å². The van der Waals surface area contributed by atoms with Crippen LogP contribution in [-0.4, -0.2) is 16.1 Å². The summed E-state index contributed by atoms with van der Waals surface area (Å²) in [6, 6.07) is 5.99. The lowest BCUT2D eigenvalue weighted by atomic mass is 10.0. The minimum Gasteiger partial charge on any atom is -0.481 e. The number of carboxylic acid groups (broad SMARTS) is 1. The molecule has 0 fully saturated rings. The summed E-state index contributed by atoms with van der Waals surface area (Å²) >= 11 is 0. The van der Waals surface area contributed by atoms with Gasteiger partial charge >= 0.3 is 5.97 Å². The number of aliphatic carboxylic acids is 1. The van der Waals surface area contributed by atoms with Crippen molar-refractivity contribution in [2.24, 2.45) is 0 Å². The second-order valence-corrected chi connectivity index (χ2v) is 3.99. The largest absolute Gasteiger partial charge is 0.481 e. The molecule has 0 aliphatic rings. The van der Waals surface area contributed by atoms with Crippen molar-refractivity contribution >= 4 is 16.7 Å². The molecule has 0 saturated carbocycles. The van der Waals surface area contributed by atoms with Gasteiger partial charge in [-0.05, 0) is 42.5 Å². The maximum Gasteiger partial charge on any atom is 0.309 e. The number of carbonyl (C=O) groups is 1. The van der Waals surface area contributed by atoms with E-state index in [1.54, 1.807) is 6.20 Å². The molecule has 0 atom stereocenters. The van der Waals surface area contributed by atoms with E-state index in [0.29, 0.717) is 5.69 Å². The normalized spacial score (nSPS) is 10.6. The fraction of sp³-hybridized carbons (Fsp3) is 0.231. The molecular formula is C13H13NO2. The summed E-state index contributed by atoms with van der Waals surface area (Å²) in [5.41, 5.74) is 3.00. The molecule has 2 aromatic rings. The van der Waals surface area contributed by atoms with Crippen LogP contribution in [0.4, 0.5) is 0 Å². The number of aryl methyl sites for hydroxylation is 2. The van der Waals surface area contributed by atoms with Gasteiger partial charge in [0.25, 0.3) is 0 Å². The predicted molar refractivity (Wildman–Crippen MR) is 62.6 cm³/mol. The van der Waals surface area contributed by atoms with Crippen molar-refractivity contribution in [1.82, 2.24) is 4.98 Å². The van der Waals surface area contributed by atoms with Crippen LogP contribution >= 0.6 is 0 Å². The van der Waals surface area contributed by atoms with E-state index in [1.165, 1.54) is 5.56 Å². The Bertz CT molecular complexity index is 561. The summed E-state index contributed by atoms with van der Waals surface area (Å²) in [5, 5.41) is 10.8. The second-order valence-electron chi connectivity index (χ2n) is 3.99. The van der Waals surface area contributed by atoms with Crippen molar-refractivity contribution in [3.8, 4) is 0 Å². The Morgan fingerprint density at radius 2 is 2.00 bits per heavy atom.